The molecule has 0 unspecified atom stereocenters. The van der Waals surface area contributed by atoms with E-state index in [0.29, 0.717) is 48.2 Å². The highest BCUT2D eigenvalue weighted by Gasteiger charge is 2.35. The van der Waals surface area contributed by atoms with Gasteiger partial charge in [-0.25, -0.2) is 4.79 Å². The molecule has 1 saturated heterocycles. The number of nitrogens with zero attached hydrogens (tertiary/aromatic N) is 5. The monoisotopic (exact) mass is 501 g/mol. The third kappa shape index (κ3) is 4.12. The Morgan fingerprint density at radius 1 is 1.14 bits per heavy atom. The fourth-order valence-corrected chi connectivity index (χ4v) is 4.79. The zero-order chi connectivity index (χ0) is 25.6. The maximum Gasteiger partial charge on any atom is 0.416 e. The lowest BCUT2D eigenvalue weighted by Gasteiger charge is -2.15. The largest absolute Gasteiger partial charge is 0.494 e. The first-order valence-electron chi connectivity index (χ1n) is 11.7. The van der Waals surface area contributed by atoms with Crippen LogP contribution in [0.3, 0.4) is 0 Å². The quantitative estimate of drug-likeness (QED) is 0.376. The number of benzene rings is 2. The van der Waals surface area contributed by atoms with Gasteiger partial charge in [-0.15, -0.1) is 5.10 Å². The number of aromatic nitrogens is 4. The van der Waals surface area contributed by atoms with E-state index in [4.69, 9.17) is 9.15 Å². The molecule has 0 spiro atoms. The van der Waals surface area contributed by atoms with Gasteiger partial charge in [-0.1, -0.05) is 43.2 Å². The van der Waals surface area contributed by atoms with Gasteiger partial charge in [0, 0.05) is 19.0 Å². The van der Waals surface area contributed by atoms with Crippen LogP contribution in [-0.4, -0.2) is 39.5 Å². The summed E-state index contributed by atoms with van der Waals surface area (Å²) in [6.45, 7) is 4.74. The van der Waals surface area contributed by atoms with Gasteiger partial charge < -0.3 is 14.1 Å². The average molecular weight is 502 g/mol. The number of ether oxygens (including phenoxy) is 1. The molecule has 0 bridgehead atoms. The smallest absolute Gasteiger partial charge is 0.416 e. The normalized spacial score (nSPS) is 16.4. The molecule has 0 N–H and O–H groups in total. The van der Waals surface area contributed by atoms with Gasteiger partial charge in [-0.05, 0) is 30.2 Å². The first-order chi connectivity index (χ1) is 17.2. The van der Waals surface area contributed by atoms with Crippen molar-refractivity contribution < 1.29 is 22.3 Å². The number of methoxy groups -OCH3 is 1. The van der Waals surface area contributed by atoms with Gasteiger partial charge in [0.15, 0.2) is 0 Å². The Labute approximate surface area is 204 Å². The van der Waals surface area contributed by atoms with Crippen molar-refractivity contribution in [1.29, 1.82) is 0 Å². The second-order valence-corrected chi connectivity index (χ2v) is 9.19. The summed E-state index contributed by atoms with van der Waals surface area (Å²) in [5.74, 6) is 1.05. The van der Waals surface area contributed by atoms with Crippen molar-refractivity contribution in [2.75, 3.05) is 25.1 Å². The van der Waals surface area contributed by atoms with Gasteiger partial charge in [-0.2, -0.15) is 13.2 Å². The molecule has 2 aromatic carbocycles. The number of fused-ring (bicyclic) bond motifs is 1. The third-order valence-corrected chi connectivity index (χ3v) is 6.54. The van der Waals surface area contributed by atoms with Crippen LogP contribution in [0.1, 0.15) is 49.2 Å². The fourth-order valence-electron chi connectivity index (χ4n) is 4.79. The van der Waals surface area contributed by atoms with Crippen LogP contribution in [0.4, 0.5) is 19.2 Å². The first kappa shape index (κ1) is 24.0. The molecule has 8 nitrogen and oxygen atoms in total. The number of imidazole rings is 1. The van der Waals surface area contributed by atoms with Gasteiger partial charge in [0.25, 0.3) is 0 Å². The maximum absolute atomic E-state index is 13.8. The highest BCUT2D eigenvalue weighted by atomic mass is 19.4. The van der Waals surface area contributed by atoms with Gasteiger partial charge in [0.1, 0.15) is 11.3 Å². The van der Waals surface area contributed by atoms with Crippen molar-refractivity contribution in [3.63, 3.8) is 0 Å². The summed E-state index contributed by atoms with van der Waals surface area (Å²) in [5.41, 5.74) is -0.0922. The zero-order valence-corrected chi connectivity index (χ0v) is 20.1. The van der Waals surface area contributed by atoms with E-state index in [1.165, 1.54) is 29.9 Å². The molecule has 0 aliphatic carbocycles. The Morgan fingerprint density at radius 2 is 1.92 bits per heavy atom. The van der Waals surface area contributed by atoms with Crippen molar-refractivity contribution in [3.05, 3.63) is 70.0 Å². The molecule has 5 rings (SSSR count). The number of halogens is 3. The minimum absolute atomic E-state index is 0.0113. The Morgan fingerprint density at radius 3 is 2.61 bits per heavy atom. The molecule has 0 amide bonds. The molecule has 0 saturated carbocycles. The summed E-state index contributed by atoms with van der Waals surface area (Å²) in [4.78, 5) is 15.7. The van der Waals surface area contributed by atoms with E-state index in [-0.39, 0.29) is 24.1 Å². The van der Waals surface area contributed by atoms with Crippen LogP contribution >= 0.6 is 0 Å². The molecular formula is C25H26F3N5O3. The predicted molar refractivity (Wildman–Crippen MR) is 128 cm³/mol. The standard InChI is InChI=1S/C25H26F3N5O3/c1-15(2)22-29-30-23(36-22)31-12-11-17(14-31)33-19-9-6-10-20(35-3)21(19)32(24(33)34)13-16-7-4-5-8-18(16)25(26,27)28/h4-10,15,17H,11-14H2,1-3H3/t17-/m1/s1. The molecule has 3 heterocycles. The van der Waals surface area contributed by atoms with E-state index in [1.807, 2.05) is 18.7 Å². The lowest BCUT2D eigenvalue weighted by molar-refractivity contribution is -0.138. The molecule has 2 aromatic heterocycles. The van der Waals surface area contributed by atoms with Crippen molar-refractivity contribution >= 4 is 17.0 Å². The minimum atomic E-state index is -4.53. The number of para-hydroxylation sites is 1. The SMILES string of the molecule is COc1cccc2c1n(Cc1ccccc1C(F)(F)F)c(=O)n2[C@@H]1CCN(c2nnc(C(C)C)o2)C1. The first-order valence-corrected chi connectivity index (χ1v) is 11.7. The number of hydrogen-bond acceptors (Lipinski definition) is 6. The molecule has 4 aromatic rings. The summed E-state index contributed by atoms with van der Waals surface area (Å²) < 4.78 is 55.3. The van der Waals surface area contributed by atoms with Crippen LogP contribution < -0.4 is 15.3 Å². The van der Waals surface area contributed by atoms with Crippen LogP contribution in [-0.2, 0) is 12.7 Å². The second kappa shape index (κ2) is 9.03. The lowest BCUT2D eigenvalue weighted by atomic mass is 10.1. The predicted octanol–water partition coefficient (Wildman–Crippen LogP) is 4.84. The molecule has 0 radical (unpaired) electrons. The molecule has 11 heteroatoms. The maximum atomic E-state index is 13.8. The lowest BCUT2D eigenvalue weighted by Crippen LogP contribution is -2.30. The molecule has 1 fully saturated rings. The fraction of sp³-hybridized carbons (Fsp3) is 0.400. The van der Waals surface area contributed by atoms with E-state index in [0.717, 1.165) is 6.07 Å². The number of alkyl halides is 3. The minimum Gasteiger partial charge on any atom is -0.494 e. The number of rotatable bonds is 6. The highest BCUT2D eigenvalue weighted by Crippen LogP contribution is 2.35. The zero-order valence-electron chi connectivity index (χ0n) is 20.1. The summed E-state index contributed by atoms with van der Waals surface area (Å²) >= 11 is 0. The molecule has 190 valence electrons. The molecule has 1 atom stereocenters. The topological polar surface area (TPSA) is 78.3 Å². The van der Waals surface area contributed by atoms with E-state index in [1.54, 1.807) is 22.8 Å². The highest BCUT2D eigenvalue weighted by molar-refractivity contribution is 5.83. The Kier molecular flexibility index (Phi) is 6.01. The number of anilines is 1. The van der Waals surface area contributed by atoms with Crippen LogP contribution in [0.5, 0.6) is 5.75 Å². The third-order valence-electron chi connectivity index (χ3n) is 6.54. The van der Waals surface area contributed by atoms with Gasteiger partial charge in [0.2, 0.25) is 5.89 Å². The van der Waals surface area contributed by atoms with E-state index >= 15 is 0 Å². The van der Waals surface area contributed by atoms with Crippen LogP contribution in [0.15, 0.2) is 51.7 Å². The van der Waals surface area contributed by atoms with Crippen molar-refractivity contribution in [2.45, 2.75) is 44.9 Å². The van der Waals surface area contributed by atoms with Gasteiger partial charge in [0.05, 0.1) is 30.8 Å². The second-order valence-electron chi connectivity index (χ2n) is 9.19. The van der Waals surface area contributed by atoms with Crippen LogP contribution in [0.2, 0.25) is 0 Å². The summed E-state index contributed by atoms with van der Waals surface area (Å²) in [6.07, 6.45) is -3.90. The van der Waals surface area contributed by atoms with Crippen molar-refractivity contribution in [2.24, 2.45) is 0 Å². The van der Waals surface area contributed by atoms with Crippen molar-refractivity contribution in [1.82, 2.24) is 19.3 Å². The molecule has 1 aliphatic heterocycles. The van der Waals surface area contributed by atoms with Gasteiger partial charge in [-0.3, -0.25) is 9.13 Å². The summed E-state index contributed by atoms with van der Waals surface area (Å²) in [5, 5.41) is 8.23. The Hall–Kier alpha value is -3.76. The summed E-state index contributed by atoms with van der Waals surface area (Å²) in [7, 11) is 1.48. The van der Waals surface area contributed by atoms with Crippen LogP contribution in [0, 0.1) is 0 Å². The molecular weight excluding hydrogens is 475 g/mol. The van der Waals surface area contributed by atoms with E-state index in [2.05, 4.69) is 10.2 Å². The Bertz CT molecular complexity index is 1450. The Balaban J connectivity index is 1.57. The molecule has 36 heavy (non-hydrogen) atoms. The van der Waals surface area contributed by atoms with Crippen LogP contribution in [0.25, 0.3) is 11.0 Å². The number of hydrogen-bond donors (Lipinski definition) is 0. The van der Waals surface area contributed by atoms with E-state index < -0.39 is 17.4 Å². The average Bonchev–Trinajstić information content (AvgIpc) is 3.57. The van der Waals surface area contributed by atoms with Gasteiger partial charge >= 0.3 is 17.9 Å². The molecule has 1 aliphatic rings. The van der Waals surface area contributed by atoms with E-state index in [9.17, 15) is 18.0 Å². The van der Waals surface area contributed by atoms with Crippen molar-refractivity contribution in [3.8, 4) is 5.75 Å². The summed E-state index contributed by atoms with van der Waals surface area (Å²) in [6, 6.07) is 10.7.